The number of nitrogens with two attached hydrogens (primary N) is 1. The highest BCUT2D eigenvalue weighted by molar-refractivity contribution is 6.31. The zero-order chi connectivity index (χ0) is 19.1. The number of carbonyl (C=O) groups is 2. The monoisotopic (exact) mass is 429 g/mol. The van der Waals surface area contributed by atoms with Gasteiger partial charge in [-0.1, -0.05) is 11.6 Å². The Morgan fingerprint density at radius 1 is 1.14 bits per heavy atom. The van der Waals surface area contributed by atoms with Crippen LogP contribution in [0, 0.1) is 29.5 Å². The molecule has 3 N–H and O–H groups in total. The summed E-state index contributed by atoms with van der Waals surface area (Å²) in [4.78, 5) is 27.3. The summed E-state index contributed by atoms with van der Waals surface area (Å²) < 4.78 is 13.2. The van der Waals surface area contributed by atoms with Crippen LogP contribution in [0.4, 0.5) is 10.1 Å². The van der Waals surface area contributed by atoms with Crippen molar-refractivity contribution in [1.82, 2.24) is 4.90 Å². The minimum atomic E-state index is -0.514. The van der Waals surface area contributed by atoms with Crippen LogP contribution in [-0.4, -0.2) is 35.8 Å². The van der Waals surface area contributed by atoms with Crippen molar-refractivity contribution in [3.8, 4) is 0 Å². The maximum atomic E-state index is 13.2. The molecule has 1 aromatic carbocycles. The van der Waals surface area contributed by atoms with Crippen molar-refractivity contribution >= 4 is 41.5 Å². The van der Waals surface area contributed by atoms with Crippen molar-refractivity contribution in [2.24, 2.45) is 29.4 Å². The van der Waals surface area contributed by atoms with Gasteiger partial charge in [0.1, 0.15) is 5.82 Å². The fourth-order valence-corrected chi connectivity index (χ4v) is 5.27. The third kappa shape index (κ3) is 4.00. The van der Waals surface area contributed by atoms with Crippen LogP contribution in [0.15, 0.2) is 18.2 Å². The molecule has 0 spiro atoms. The lowest BCUT2D eigenvalue weighted by Gasteiger charge is -2.36. The number of rotatable bonds is 3. The number of piperidine rings is 1. The average molecular weight is 430 g/mol. The number of nitrogens with one attached hydrogen (secondary N) is 1. The Labute approximate surface area is 175 Å². The normalized spacial score (nSPS) is 29.5. The molecule has 2 bridgehead atoms. The first-order valence-electron chi connectivity index (χ1n) is 9.74. The summed E-state index contributed by atoms with van der Waals surface area (Å²) in [5.41, 5.74) is 6.79. The van der Waals surface area contributed by atoms with Crippen molar-refractivity contribution in [3.63, 3.8) is 0 Å². The van der Waals surface area contributed by atoms with Gasteiger partial charge in [0.2, 0.25) is 11.8 Å². The van der Waals surface area contributed by atoms with E-state index in [0.29, 0.717) is 43.5 Å². The molecular formula is C20H26Cl2FN3O2. The summed E-state index contributed by atoms with van der Waals surface area (Å²) in [7, 11) is 0. The molecule has 0 radical (unpaired) electrons. The molecule has 5 nitrogen and oxygen atoms in total. The topological polar surface area (TPSA) is 75.4 Å². The van der Waals surface area contributed by atoms with Crippen molar-refractivity contribution < 1.29 is 14.0 Å². The van der Waals surface area contributed by atoms with Crippen LogP contribution in [0.25, 0.3) is 0 Å². The van der Waals surface area contributed by atoms with Crippen molar-refractivity contribution in [2.75, 3.05) is 18.4 Å². The summed E-state index contributed by atoms with van der Waals surface area (Å²) in [6.45, 7) is 1.17. The quantitative estimate of drug-likeness (QED) is 0.772. The van der Waals surface area contributed by atoms with Crippen LogP contribution in [0.3, 0.4) is 0 Å². The summed E-state index contributed by atoms with van der Waals surface area (Å²) in [6.07, 6.45) is 4.63. The van der Waals surface area contributed by atoms with Crippen LogP contribution < -0.4 is 11.1 Å². The summed E-state index contributed by atoms with van der Waals surface area (Å²) in [6, 6.07) is 4.14. The van der Waals surface area contributed by atoms with E-state index >= 15 is 0 Å². The van der Waals surface area contributed by atoms with Gasteiger partial charge >= 0.3 is 0 Å². The molecule has 2 aliphatic carbocycles. The molecule has 4 unspecified atom stereocenters. The first-order valence-corrected chi connectivity index (χ1v) is 10.1. The standard InChI is InChI=1S/C20H25ClFN3O2.ClH/c21-15-10-14(3-4-16(15)22)24-19(26)11-5-7-25(8-6-11)20(27)17-12-1-2-13(9-12)18(17)23;/h3-4,10-13,17-18H,1-2,5-9,23H2,(H,24,26);1H. The van der Waals surface area contributed by atoms with Crippen molar-refractivity contribution in [2.45, 2.75) is 38.1 Å². The Balaban J connectivity index is 0.00000225. The molecule has 3 fully saturated rings. The van der Waals surface area contributed by atoms with Crippen LogP contribution in [0.1, 0.15) is 32.1 Å². The van der Waals surface area contributed by atoms with E-state index in [1.807, 2.05) is 4.90 Å². The third-order valence-corrected chi connectivity index (χ3v) is 6.92. The predicted octanol–water partition coefficient (Wildman–Crippen LogP) is 3.45. The minimum Gasteiger partial charge on any atom is -0.342 e. The largest absolute Gasteiger partial charge is 0.342 e. The Bertz CT molecular complexity index is 753. The molecule has 8 heteroatoms. The molecule has 28 heavy (non-hydrogen) atoms. The van der Waals surface area contributed by atoms with Gasteiger partial charge in [-0.05, 0) is 62.1 Å². The van der Waals surface area contributed by atoms with Gasteiger partial charge in [0.05, 0.1) is 10.9 Å². The van der Waals surface area contributed by atoms with E-state index in [9.17, 15) is 14.0 Å². The highest BCUT2D eigenvalue weighted by atomic mass is 35.5. The number of carbonyl (C=O) groups excluding carboxylic acids is 2. The Morgan fingerprint density at radius 3 is 2.43 bits per heavy atom. The number of likely N-dealkylation sites (tertiary alicyclic amines) is 1. The number of halogens is 3. The minimum absolute atomic E-state index is 0. The van der Waals surface area contributed by atoms with Crippen molar-refractivity contribution in [1.29, 1.82) is 0 Å². The molecule has 3 aliphatic rings. The van der Waals surface area contributed by atoms with Crippen LogP contribution >= 0.6 is 24.0 Å². The third-order valence-electron chi connectivity index (χ3n) is 6.63. The zero-order valence-corrected chi connectivity index (χ0v) is 17.1. The number of hydrogen-bond donors (Lipinski definition) is 2. The molecule has 2 saturated carbocycles. The predicted molar refractivity (Wildman–Crippen MR) is 109 cm³/mol. The second-order valence-electron chi connectivity index (χ2n) is 8.15. The van der Waals surface area contributed by atoms with Gasteiger partial charge in [-0.15, -0.1) is 12.4 Å². The number of anilines is 1. The molecule has 1 aliphatic heterocycles. The second-order valence-corrected chi connectivity index (χ2v) is 8.56. The van der Waals surface area contributed by atoms with Gasteiger partial charge in [-0.25, -0.2) is 4.39 Å². The summed E-state index contributed by atoms with van der Waals surface area (Å²) in [5.74, 6) is 0.319. The number of hydrogen-bond acceptors (Lipinski definition) is 3. The highest BCUT2D eigenvalue weighted by Gasteiger charge is 2.50. The van der Waals surface area contributed by atoms with Gasteiger partial charge in [0.25, 0.3) is 0 Å². The molecule has 154 valence electrons. The number of nitrogens with zero attached hydrogens (tertiary/aromatic N) is 1. The molecular weight excluding hydrogens is 404 g/mol. The SMILES string of the molecule is Cl.NC1C2CCC(C2)C1C(=O)N1CCC(C(=O)Nc2ccc(F)c(Cl)c2)CC1. The average Bonchev–Trinajstić information content (AvgIpc) is 3.25. The zero-order valence-electron chi connectivity index (χ0n) is 15.6. The van der Waals surface area contributed by atoms with E-state index in [1.54, 1.807) is 0 Å². The van der Waals surface area contributed by atoms with Crippen molar-refractivity contribution in [3.05, 3.63) is 29.0 Å². The molecule has 4 atom stereocenters. The Kier molecular flexibility index (Phi) is 6.52. The maximum Gasteiger partial charge on any atom is 0.227 e. The van der Waals surface area contributed by atoms with E-state index in [4.69, 9.17) is 17.3 Å². The first kappa shape index (κ1) is 21.3. The molecule has 1 aromatic rings. The number of amides is 2. The van der Waals surface area contributed by atoms with Crippen LogP contribution in [-0.2, 0) is 9.59 Å². The molecule has 0 aromatic heterocycles. The molecule has 2 amide bonds. The van der Waals surface area contributed by atoms with Gasteiger partial charge in [0, 0.05) is 30.7 Å². The van der Waals surface area contributed by atoms with Gasteiger partial charge < -0.3 is 16.0 Å². The molecule has 1 heterocycles. The van der Waals surface area contributed by atoms with Crippen LogP contribution in [0.5, 0.6) is 0 Å². The fraction of sp³-hybridized carbons (Fsp3) is 0.600. The maximum absolute atomic E-state index is 13.2. The first-order chi connectivity index (χ1) is 12.9. The van der Waals surface area contributed by atoms with Gasteiger partial charge in [-0.2, -0.15) is 0 Å². The van der Waals surface area contributed by atoms with Gasteiger partial charge in [0.15, 0.2) is 0 Å². The molecule has 1 saturated heterocycles. The number of benzene rings is 1. The lowest BCUT2D eigenvalue weighted by molar-refractivity contribution is -0.140. The Morgan fingerprint density at radius 2 is 1.82 bits per heavy atom. The highest BCUT2D eigenvalue weighted by Crippen LogP contribution is 2.48. The van der Waals surface area contributed by atoms with E-state index in [0.717, 1.165) is 19.3 Å². The van der Waals surface area contributed by atoms with E-state index < -0.39 is 5.82 Å². The van der Waals surface area contributed by atoms with E-state index in [1.165, 1.54) is 18.2 Å². The number of fused-ring (bicyclic) bond motifs is 2. The lowest BCUT2D eigenvalue weighted by atomic mass is 9.83. The van der Waals surface area contributed by atoms with E-state index in [2.05, 4.69) is 5.32 Å². The van der Waals surface area contributed by atoms with Crippen LogP contribution in [0.2, 0.25) is 5.02 Å². The summed E-state index contributed by atoms with van der Waals surface area (Å²) in [5, 5.41) is 2.78. The molecule has 4 rings (SSSR count). The second kappa shape index (κ2) is 8.56. The Hall–Kier alpha value is -1.37. The van der Waals surface area contributed by atoms with E-state index in [-0.39, 0.29) is 47.1 Å². The summed E-state index contributed by atoms with van der Waals surface area (Å²) >= 11 is 5.76. The fourth-order valence-electron chi connectivity index (χ4n) is 5.09. The van der Waals surface area contributed by atoms with Gasteiger partial charge in [-0.3, -0.25) is 9.59 Å². The lowest BCUT2D eigenvalue weighted by Crippen LogP contribution is -2.50. The smallest absolute Gasteiger partial charge is 0.227 e.